The number of hydrogen-bond donors (Lipinski definition) is 2. The Bertz CT molecular complexity index is 799. The summed E-state index contributed by atoms with van der Waals surface area (Å²) in [5, 5.41) is 5.38. The number of amides is 3. The van der Waals surface area contributed by atoms with Crippen LogP contribution in [0, 0.1) is 17.6 Å². The van der Waals surface area contributed by atoms with E-state index in [2.05, 4.69) is 10.6 Å². The Morgan fingerprint density at radius 2 is 1.73 bits per heavy atom. The maximum atomic E-state index is 13.3. The summed E-state index contributed by atoms with van der Waals surface area (Å²) >= 11 is 0. The van der Waals surface area contributed by atoms with Gasteiger partial charge in [-0.3, -0.25) is 4.79 Å². The number of nitrogens with one attached hydrogen (secondary N) is 2. The van der Waals surface area contributed by atoms with Crippen LogP contribution < -0.4 is 10.6 Å². The van der Waals surface area contributed by atoms with Crippen molar-refractivity contribution < 1.29 is 18.4 Å². The van der Waals surface area contributed by atoms with Gasteiger partial charge in [0.25, 0.3) is 0 Å². The highest BCUT2D eigenvalue weighted by Crippen LogP contribution is 2.21. The minimum Gasteiger partial charge on any atom is -0.326 e. The van der Waals surface area contributed by atoms with Crippen molar-refractivity contribution in [2.24, 2.45) is 5.92 Å². The summed E-state index contributed by atoms with van der Waals surface area (Å²) in [6.07, 6.45) is 1.32. The molecule has 5 nitrogen and oxygen atoms in total. The fraction of sp³-hybridized carbons (Fsp3) is 0.263. The molecule has 3 rings (SSSR count). The van der Waals surface area contributed by atoms with Gasteiger partial charge in [-0.05, 0) is 37.1 Å². The fourth-order valence-corrected chi connectivity index (χ4v) is 2.92. The van der Waals surface area contributed by atoms with E-state index in [1.54, 1.807) is 17.0 Å². The lowest BCUT2D eigenvalue weighted by atomic mass is 9.97. The summed E-state index contributed by atoms with van der Waals surface area (Å²) in [4.78, 5) is 26.4. The second kappa shape index (κ2) is 7.95. The number of carbonyl (C=O) groups excluding carboxylic acids is 2. The Kier molecular flexibility index (Phi) is 5.46. The summed E-state index contributed by atoms with van der Waals surface area (Å²) in [7, 11) is 0. The topological polar surface area (TPSA) is 61.4 Å². The maximum absolute atomic E-state index is 13.3. The first-order valence-corrected chi connectivity index (χ1v) is 8.40. The number of hydrogen-bond acceptors (Lipinski definition) is 2. The molecule has 0 aromatic heterocycles. The van der Waals surface area contributed by atoms with Gasteiger partial charge in [0, 0.05) is 30.5 Å². The Morgan fingerprint density at radius 1 is 0.962 bits per heavy atom. The molecule has 136 valence electrons. The zero-order valence-electron chi connectivity index (χ0n) is 14.0. The smallest absolute Gasteiger partial charge is 0.321 e. The molecule has 26 heavy (non-hydrogen) atoms. The van der Waals surface area contributed by atoms with E-state index in [1.807, 2.05) is 18.2 Å². The van der Waals surface area contributed by atoms with Crippen LogP contribution in [-0.4, -0.2) is 29.9 Å². The van der Waals surface area contributed by atoms with Crippen LogP contribution in [0.3, 0.4) is 0 Å². The van der Waals surface area contributed by atoms with Gasteiger partial charge in [0.15, 0.2) is 11.6 Å². The van der Waals surface area contributed by atoms with Gasteiger partial charge >= 0.3 is 6.03 Å². The Hall–Kier alpha value is -2.96. The molecule has 0 saturated carbocycles. The molecule has 0 spiro atoms. The summed E-state index contributed by atoms with van der Waals surface area (Å²) in [6, 6.07) is 12.0. The largest absolute Gasteiger partial charge is 0.326 e. The normalized spacial score (nSPS) is 16.8. The molecular weight excluding hydrogens is 340 g/mol. The maximum Gasteiger partial charge on any atom is 0.321 e. The van der Waals surface area contributed by atoms with Gasteiger partial charge in [0.05, 0.1) is 5.92 Å². The van der Waals surface area contributed by atoms with Crippen molar-refractivity contribution in [3.05, 3.63) is 60.2 Å². The van der Waals surface area contributed by atoms with Crippen molar-refractivity contribution in [3.63, 3.8) is 0 Å². The molecule has 2 N–H and O–H groups in total. The van der Waals surface area contributed by atoms with Crippen LogP contribution in [-0.2, 0) is 4.79 Å². The fourth-order valence-electron chi connectivity index (χ4n) is 2.92. The number of para-hydroxylation sites is 1. The lowest BCUT2D eigenvalue weighted by Crippen LogP contribution is -2.45. The number of benzene rings is 2. The van der Waals surface area contributed by atoms with Crippen molar-refractivity contribution >= 4 is 23.3 Å². The number of rotatable bonds is 3. The summed E-state index contributed by atoms with van der Waals surface area (Å²) in [5.74, 6) is -2.70. The van der Waals surface area contributed by atoms with Crippen molar-refractivity contribution in [2.45, 2.75) is 12.8 Å². The van der Waals surface area contributed by atoms with Crippen LogP contribution in [0.25, 0.3) is 0 Å². The number of anilines is 2. The second-order valence-corrected chi connectivity index (χ2v) is 6.20. The summed E-state index contributed by atoms with van der Waals surface area (Å²) in [5.41, 5.74) is 0.880. The molecule has 0 bridgehead atoms. The number of nitrogens with zero attached hydrogens (tertiary/aromatic N) is 1. The molecule has 1 unspecified atom stereocenters. The highest BCUT2D eigenvalue weighted by Gasteiger charge is 2.28. The number of piperidine rings is 1. The number of halogens is 2. The standard InChI is InChI=1S/C19H19F2N3O2/c20-16-9-8-15(11-17(16)21)22-18(25)13-5-4-10-24(12-13)19(26)23-14-6-2-1-3-7-14/h1-3,6-9,11,13H,4-5,10,12H2,(H,22,25)(H,23,26). The minimum absolute atomic E-state index is 0.194. The lowest BCUT2D eigenvalue weighted by Gasteiger charge is -2.32. The van der Waals surface area contributed by atoms with Crippen molar-refractivity contribution in [2.75, 3.05) is 23.7 Å². The molecule has 1 heterocycles. The molecule has 1 fully saturated rings. The molecular formula is C19H19F2N3O2. The molecule has 1 aliphatic heterocycles. The van der Waals surface area contributed by atoms with E-state index in [0.717, 1.165) is 12.1 Å². The Balaban J connectivity index is 1.59. The molecule has 0 radical (unpaired) electrons. The van der Waals surface area contributed by atoms with Gasteiger partial charge in [0.2, 0.25) is 5.91 Å². The quantitative estimate of drug-likeness (QED) is 0.874. The number of urea groups is 1. The third-order valence-electron chi connectivity index (χ3n) is 4.29. The first-order chi connectivity index (χ1) is 12.5. The molecule has 2 aromatic carbocycles. The van der Waals surface area contributed by atoms with E-state index in [1.165, 1.54) is 6.07 Å². The minimum atomic E-state index is -1.02. The average molecular weight is 359 g/mol. The van der Waals surface area contributed by atoms with Crippen LogP contribution in [0.5, 0.6) is 0 Å². The number of carbonyl (C=O) groups is 2. The van der Waals surface area contributed by atoms with Gasteiger partial charge in [-0.15, -0.1) is 0 Å². The van der Waals surface area contributed by atoms with E-state index in [9.17, 15) is 18.4 Å². The first-order valence-electron chi connectivity index (χ1n) is 8.40. The molecule has 1 saturated heterocycles. The third kappa shape index (κ3) is 4.36. The van der Waals surface area contributed by atoms with Gasteiger partial charge in [-0.1, -0.05) is 18.2 Å². The molecule has 1 atom stereocenters. The average Bonchev–Trinajstić information content (AvgIpc) is 2.65. The first kappa shape index (κ1) is 17.8. The van der Waals surface area contributed by atoms with Crippen molar-refractivity contribution in [3.8, 4) is 0 Å². The molecule has 7 heteroatoms. The van der Waals surface area contributed by atoms with E-state index < -0.39 is 17.6 Å². The van der Waals surface area contributed by atoms with Crippen molar-refractivity contribution in [1.29, 1.82) is 0 Å². The van der Waals surface area contributed by atoms with Crippen LogP contribution in [0.2, 0.25) is 0 Å². The molecule has 3 amide bonds. The highest BCUT2D eigenvalue weighted by molar-refractivity contribution is 5.94. The van der Waals surface area contributed by atoms with Gasteiger partial charge in [-0.25, -0.2) is 13.6 Å². The highest BCUT2D eigenvalue weighted by atomic mass is 19.2. The summed E-state index contributed by atoms with van der Waals surface area (Å²) in [6.45, 7) is 0.835. The van der Waals surface area contributed by atoms with Crippen LogP contribution >= 0.6 is 0 Å². The monoisotopic (exact) mass is 359 g/mol. The number of likely N-dealkylation sites (tertiary alicyclic amines) is 1. The van der Waals surface area contributed by atoms with Gasteiger partial charge < -0.3 is 15.5 Å². The van der Waals surface area contributed by atoms with E-state index in [4.69, 9.17) is 0 Å². The Morgan fingerprint density at radius 3 is 2.46 bits per heavy atom. The molecule has 0 aliphatic carbocycles. The van der Waals surface area contributed by atoms with Crippen molar-refractivity contribution in [1.82, 2.24) is 4.90 Å². The molecule has 1 aliphatic rings. The van der Waals surface area contributed by atoms with E-state index in [0.29, 0.717) is 25.1 Å². The zero-order chi connectivity index (χ0) is 18.5. The van der Waals surface area contributed by atoms with Crippen LogP contribution in [0.1, 0.15) is 12.8 Å². The van der Waals surface area contributed by atoms with Crippen LogP contribution in [0.15, 0.2) is 48.5 Å². The van der Waals surface area contributed by atoms with Gasteiger partial charge in [-0.2, -0.15) is 0 Å². The predicted octanol–water partition coefficient (Wildman–Crippen LogP) is 3.85. The van der Waals surface area contributed by atoms with E-state index in [-0.39, 0.29) is 24.2 Å². The Labute approximate surface area is 150 Å². The summed E-state index contributed by atoms with van der Waals surface area (Å²) < 4.78 is 26.2. The second-order valence-electron chi connectivity index (χ2n) is 6.20. The SMILES string of the molecule is O=C(Nc1ccc(F)c(F)c1)C1CCCN(C(=O)Nc2ccccc2)C1. The predicted molar refractivity (Wildman–Crippen MR) is 94.7 cm³/mol. The zero-order valence-corrected chi connectivity index (χ0v) is 14.0. The lowest BCUT2D eigenvalue weighted by molar-refractivity contribution is -0.121. The van der Waals surface area contributed by atoms with E-state index >= 15 is 0 Å². The van der Waals surface area contributed by atoms with Gasteiger partial charge in [0.1, 0.15) is 0 Å². The molecule has 2 aromatic rings. The van der Waals surface area contributed by atoms with Crippen LogP contribution in [0.4, 0.5) is 25.0 Å². The third-order valence-corrected chi connectivity index (χ3v) is 4.29.